The van der Waals surface area contributed by atoms with Crippen LogP contribution in [0.1, 0.15) is 85.0 Å². The Morgan fingerprint density at radius 3 is 2.41 bits per heavy atom. The molecule has 0 amide bonds. The van der Waals surface area contributed by atoms with Crippen LogP contribution in [0.25, 0.3) is 0 Å². The number of esters is 1. The van der Waals surface area contributed by atoms with Gasteiger partial charge < -0.3 is 4.74 Å². The van der Waals surface area contributed by atoms with Crippen LogP contribution in [-0.2, 0) is 14.3 Å². The summed E-state index contributed by atoms with van der Waals surface area (Å²) >= 11 is 7.20. The maximum atomic E-state index is 12.8. The number of alkyl halides is 2. The predicted molar refractivity (Wildman–Crippen MR) is 120 cm³/mol. The summed E-state index contributed by atoms with van der Waals surface area (Å²) in [5, 5.41) is 0. The Bertz CT molecular complexity index is 750. The molecule has 0 bridgehead atoms. The molecular weight excluding hydrogens is 496 g/mol. The quantitative estimate of drug-likeness (QED) is 0.306. The molecule has 5 aliphatic rings. The van der Waals surface area contributed by atoms with E-state index < -0.39 is 5.41 Å². The van der Waals surface area contributed by atoms with Gasteiger partial charge in [-0.05, 0) is 93.8 Å². The van der Waals surface area contributed by atoms with Crippen LogP contribution in [-0.4, -0.2) is 21.1 Å². The summed E-state index contributed by atoms with van der Waals surface area (Å²) in [7, 11) is 0. The van der Waals surface area contributed by atoms with Crippen molar-refractivity contribution in [2.45, 2.75) is 94.3 Å². The van der Waals surface area contributed by atoms with Crippen molar-refractivity contribution in [1.82, 2.24) is 0 Å². The van der Waals surface area contributed by atoms with Crippen LogP contribution in [0.2, 0.25) is 0 Å². The summed E-state index contributed by atoms with van der Waals surface area (Å²) in [6.07, 6.45) is 10.8. The van der Waals surface area contributed by atoms with Crippen molar-refractivity contribution in [2.24, 2.45) is 39.9 Å². The third-order valence-electron chi connectivity index (χ3n) is 10.3. The van der Waals surface area contributed by atoms with Crippen LogP contribution < -0.4 is 0 Å². The van der Waals surface area contributed by atoms with Gasteiger partial charge >= 0.3 is 5.97 Å². The number of hydrogen-bond acceptors (Lipinski definition) is 3. The molecule has 5 fully saturated rings. The minimum absolute atomic E-state index is 0.0331. The van der Waals surface area contributed by atoms with Crippen LogP contribution in [0.4, 0.5) is 0 Å². The lowest BCUT2D eigenvalue weighted by Crippen LogP contribution is -2.54. The second-order valence-electron chi connectivity index (χ2n) is 11.6. The van der Waals surface area contributed by atoms with E-state index in [-0.39, 0.29) is 20.7 Å². The Morgan fingerprint density at radius 1 is 1.00 bits per heavy atom. The van der Waals surface area contributed by atoms with E-state index in [9.17, 15) is 9.59 Å². The topological polar surface area (TPSA) is 43.4 Å². The summed E-state index contributed by atoms with van der Waals surface area (Å²) in [5.74, 6) is 3.23. The number of rotatable bonds is 2. The summed E-state index contributed by atoms with van der Waals surface area (Å²) in [4.78, 5) is 25.3. The predicted octanol–water partition coefficient (Wildman–Crippen LogP) is 6.41. The molecule has 29 heavy (non-hydrogen) atoms. The fourth-order valence-corrected chi connectivity index (χ4v) is 9.44. The second kappa shape index (κ2) is 6.56. The van der Waals surface area contributed by atoms with E-state index >= 15 is 0 Å². The highest BCUT2D eigenvalue weighted by Crippen LogP contribution is 2.68. The number of ether oxygens (including phenoxy) is 1. The molecule has 2 unspecified atom stereocenters. The largest absolute Gasteiger partial charge is 0.462 e. The molecule has 0 heterocycles. The Morgan fingerprint density at radius 2 is 1.72 bits per heavy atom. The van der Waals surface area contributed by atoms with E-state index in [0.29, 0.717) is 23.0 Å². The van der Waals surface area contributed by atoms with Crippen LogP contribution in [0.3, 0.4) is 0 Å². The van der Waals surface area contributed by atoms with Gasteiger partial charge in [-0.2, -0.15) is 0 Å². The van der Waals surface area contributed by atoms with Gasteiger partial charge in [-0.1, -0.05) is 45.7 Å². The molecule has 0 aromatic carbocycles. The van der Waals surface area contributed by atoms with E-state index in [1.807, 2.05) is 6.92 Å². The molecule has 0 radical (unpaired) electrons. The standard InChI is InChI=1S/C24H34Br2O3/c1-21-10-8-15(29-20(28)23(3)13-24(23,25)26)12-14(21)4-5-16-17-6-7-19(27)22(17,2)11-9-18(16)21/h14-18H,4-13H2,1-3H3/t14-,15+,16?,17-,18-,21-,22-,23?/m0/s1. The van der Waals surface area contributed by atoms with Crippen molar-refractivity contribution in [3.8, 4) is 0 Å². The number of Topliss-reactive ketones (excluding diaryl/α,β-unsaturated/α-hetero) is 1. The van der Waals surface area contributed by atoms with Crippen molar-refractivity contribution in [3.05, 3.63) is 0 Å². The Balaban J connectivity index is 1.28. The Labute approximate surface area is 191 Å². The second-order valence-corrected chi connectivity index (χ2v) is 15.4. The average molecular weight is 530 g/mol. The lowest BCUT2D eigenvalue weighted by atomic mass is 9.45. The normalized spacial score (nSPS) is 52.9. The zero-order chi connectivity index (χ0) is 20.8. The molecule has 5 aliphatic carbocycles. The van der Waals surface area contributed by atoms with Gasteiger partial charge in [0.2, 0.25) is 0 Å². The van der Waals surface area contributed by atoms with E-state index in [2.05, 4.69) is 45.7 Å². The monoisotopic (exact) mass is 528 g/mol. The first-order valence-corrected chi connectivity index (χ1v) is 13.2. The summed E-state index contributed by atoms with van der Waals surface area (Å²) in [6.45, 7) is 6.77. The highest BCUT2D eigenvalue weighted by molar-refractivity contribution is 9.25. The van der Waals surface area contributed by atoms with Crippen molar-refractivity contribution >= 4 is 43.6 Å². The van der Waals surface area contributed by atoms with Gasteiger partial charge in [0.1, 0.15) is 11.9 Å². The van der Waals surface area contributed by atoms with Gasteiger partial charge in [-0.3, -0.25) is 9.59 Å². The highest BCUT2D eigenvalue weighted by atomic mass is 79.9. The van der Waals surface area contributed by atoms with Gasteiger partial charge in [0.25, 0.3) is 0 Å². The van der Waals surface area contributed by atoms with Crippen molar-refractivity contribution in [3.63, 3.8) is 0 Å². The van der Waals surface area contributed by atoms with Gasteiger partial charge in [-0.15, -0.1) is 0 Å². The van der Waals surface area contributed by atoms with Gasteiger partial charge in [0, 0.05) is 11.8 Å². The first-order valence-electron chi connectivity index (χ1n) is 11.6. The first kappa shape index (κ1) is 21.0. The first-order chi connectivity index (χ1) is 13.5. The van der Waals surface area contributed by atoms with Crippen LogP contribution >= 0.6 is 31.9 Å². The summed E-state index contributed by atoms with van der Waals surface area (Å²) < 4.78 is 5.76. The Kier molecular flexibility index (Phi) is 4.74. The summed E-state index contributed by atoms with van der Waals surface area (Å²) in [5.41, 5.74) is -0.111. The molecule has 0 saturated heterocycles. The number of halogens is 2. The van der Waals surface area contributed by atoms with Crippen LogP contribution in [0, 0.1) is 39.9 Å². The van der Waals surface area contributed by atoms with E-state index in [1.54, 1.807) is 0 Å². The van der Waals surface area contributed by atoms with Gasteiger partial charge in [0.05, 0.1) is 8.65 Å². The van der Waals surface area contributed by atoms with Gasteiger partial charge in [0.15, 0.2) is 0 Å². The molecule has 3 nitrogen and oxygen atoms in total. The zero-order valence-corrected chi connectivity index (χ0v) is 21.1. The molecule has 162 valence electrons. The summed E-state index contributed by atoms with van der Waals surface area (Å²) in [6, 6.07) is 0. The number of carbonyl (C=O) groups is 2. The SMILES string of the molecule is CC1(C(=O)O[C@@H]2CC[C@@]3(C)[C@@H](CCC4[C@@H]3CC[C@]3(C)C(=O)CC[C@@H]43)C2)CC1(Br)Br. The number of carbonyl (C=O) groups excluding carboxylic acids is 2. The van der Waals surface area contributed by atoms with Crippen molar-refractivity contribution in [2.75, 3.05) is 0 Å². The number of fused-ring (bicyclic) bond motifs is 5. The molecule has 0 spiro atoms. The van der Waals surface area contributed by atoms with Crippen molar-refractivity contribution in [1.29, 1.82) is 0 Å². The van der Waals surface area contributed by atoms with E-state index in [0.717, 1.165) is 50.4 Å². The lowest BCUT2D eigenvalue weighted by molar-refractivity contribution is -0.167. The molecule has 0 aromatic heterocycles. The maximum absolute atomic E-state index is 12.8. The van der Waals surface area contributed by atoms with Gasteiger partial charge in [-0.25, -0.2) is 0 Å². The smallest absolute Gasteiger partial charge is 0.314 e. The Hall–Kier alpha value is 0.1000. The maximum Gasteiger partial charge on any atom is 0.314 e. The van der Waals surface area contributed by atoms with E-state index in [4.69, 9.17) is 4.74 Å². The van der Waals surface area contributed by atoms with Crippen LogP contribution in [0.5, 0.6) is 0 Å². The highest BCUT2D eigenvalue weighted by Gasteiger charge is 2.68. The molecule has 5 saturated carbocycles. The molecule has 0 aromatic rings. The average Bonchev–Trinajstić information content (AvgIpc) is 3.03. The van der Waals surface area contributed by atoms with Crippen LogP contribution in [0.15, 0.2) is 0 Å². The third kappa shape index (κ3) is 2.91. The number of ketones is 1. The molecule has 5 heteroatoms. The minimum Gasteiger partial charge on any atom is -0.462 e. The van der Waals surface area contributed by atoms with E-state index in [1.165, 1.54) is 25.7 Å². The molecular formula is C24H34Br2O3. The fourth-order valence-electron chi connectivity index (χ4n) is 8.00. The third-order valence-corrected chi connectivity index (χ3v) is 12.6. The molecule has 8 atom stereocenters. The lowest BCUT2D eigenvalue weighted by Gasteiger charge is -2.60. The molecule has 5 rings (SSSR count). The fraction of sp³-hybridized carbons (Fsp3) is 0.917. The van der Waals surface area contributed by atoms with Crippen molar-refractivity contribution < 1.29 is 14.3 Å². The molecule has 0 N–H and O–H groups in total. The number of hydrogen-bond donors (Lipinski definition) is 0. The minimum atomic E-state index is -0.436. The molecule has 0 aliphatic heterocycles. The zero-order valence-electron chi connectivity index (χ0n) is 17.9.